The quantitative estimate of drug-likeness (QED) is 0.654. The average Bonchev–Trinajstić information content (AvgIpc) is 2.41. The van der Waals surface area contributed by atoms with Crippen LogP contribution in [0.2, 0.25) is 0 Å². The highest BCUT2D eigenvalue weighted by Crippen LogP contribution is 2.25. The molecule has 5 nitrogen and oxygen atoms in total. The number of rotatable bonds is 5. The lowest BCUT2D eigenvalue weighted by atomic mass is 10.1. The van der Waals surface area contributed by atoms with Gasteiger partial charge in [0, 0.05) is 30.5 Å². The largest absolute Gasteiger partial charge is 0.385 e. The Bertz CT molecular complexity index is 442. The topological polar surface area (TPSA) is 64.4 Å². The van der Waals surface area contributed by atoms with Crippen LogP contribution in [0.5, 0.6) is 0 Å². The Morgan fingerprint density at radius 1 is 1.47 bits per heavy atom. The van der Waals surface area contributed by atoms with E-state index >= 15 is 0 Å². The molecule has 1 atom stereocenters. The van der Waals surface area contributed by atoms with Crippen molar-refractivity contribution >= 4 is 11.4 Å². The highest BCUT2D eigenvalue weighted by atomic mass is 16.6. The Morgan fingerprint density at radius 3 is 3.00 bits per heavy atom. The van der Waals surface area contributed by atoms with Gasteiger partial charge in [0.25, 0.3) is 5.69 Å². The van der Waals surface area contributed by atoms with E-state index < -0.39 is 0 Å². The van der Waals surface area contributed by atoms with Gasteiger partial charge in [0.05, 0.1) is 11.0 Å². The maximum atomic E-state index is 10.9. The lowest BCUT2D eigenvalue weighted by molar-refractivity contribution is -0.385. The summed E-state index contributed by atoms with van der Waals surface area (Å²) in [5.41, 5.74) is 1.70. The molecule has 0 saturated carbocycles. The van der Waals surface area contributed by atoms with Crippen LogP contribution >= 0.6 is 0 Å². The molecule has 1 fully saturated rings. The minimum atomic E-state index is -0.343. The molecule has 1 aliphatic rings. The molecule has 0 aromatic heterocycles. The van der Waals surface area contributed by atoms with Gasteiger partial charge in [-0.1, -0.05) is 6.07 Å². The zero-order valence-electron chi connectivity index (χ0n) is 11.2. The summed E-state index contributed by atoms with van der Waals surface area (Å²) in [6.07, 6.45) is 4.80. The van der Waals surface area contributed by atoms with Crippen molar-refractivity contribution in [2.75, 3.05) is 18.5 Å². The summed E-state index contributed by atoms with van der Waals surface area (Å²) in [5, 5.41) is 14.1. The number of benzene rings is 1. The third-order valence-electron chi connectivity index (χ3n) is 3.56. The fraction of sp³-hybridized carbons (Fsp3) is 0.571. The minimum Gasteiger partial charge on any atom is -0.385 e. The lowest BCUT2D eigenvalue weighted by Crippen LogP contribution is -2.22. The molecule has 1 heterocycles. The molecule has 104 valence electrons. The normalized spacial score (nSPS) is 19.1. The molecule has 19 heavy (non-hydrogen) atoms. The third-order valence-corrected chi connectivity index (χ3v) is 3.56. The summed E-state index contributed by atoms with van der Waals surface area (Å²) in [6, 6.07) is 5.12. The molecule has 0 bridgehead atoms. The second kappa shape index (κ2) is 6.52. The van der Waals surface area contributed by atoms with E-state index in [2.05, 4.69) is 5.32 Å². The first kappa shape index (κ1) is 13.8. The number of ether oxygens (including phenoxy) is 1. The van der Waals surface area contributed by atoms with Gasteiger partial charge in [-0.2, -0.15) is 0 Å². The monoisotopic (exact) mass is 264 g/mol. The van der Waals surface area contributed by atoms with Gasteiger partial charge in [-0.15, -0.1) is 0 Å². The van der Waals surface area contributed by atoms with Crippen LogP contribution < -0.4 is 5.32 Å². The molecule has 0 radical (unpaired) electrons. The zero-order valence-corrected chi connectivity index (χ0v) is 11.2. The maximum Gasteiger partial charge on any atom is 0.274 e. The maximum absolute atomic E-state index is 10.9. The zero-order chi connectivity index (χ0) is 13.7. The van der Waals surface area contributed by atoms with Crippen LogP contribution in [0.1, 0.15) is 31.2 Å². The van der Waals surface area contributed by atoms with Crippen LogP contribution in [0.3, 0.4) is 0 Å². The van der Waals surface area contributed by atoms with Crippen molar-refractivity contribution in [3.63, 3.8) is 0 Å². The van der Waals surface area contributed by atoms with Crippen molar-refractivity contribution in [3.05, 3.63) is 33.9 Å². The smallest absolute Gasteiger partial charge is 0.274 e. The van der Waals surface area contributed by atoms with E-state index in [1.54, 1.807) is 13.0 Å². The fourth-order valence-corrected chi connectivity index (χ4v) is 2.42. The van der Waals surface area contributed by atoms with Gasteiger partial charge in [-0.3, -0.25) is 10.1 Å². The molecule has 1 saturated heterocycles. The minimum absolute atomic E-state index is 0.166. The van der Waals surface area contributed by atoms with Gasteiger partial charge >= 0.3 is 0 Å². The van der Waals surface area contributed by atoms with Gasteiger partial charge in [0.15, 0.2) is 0 Å². The van der Waals surface area contributed by atoms with Gasteiger partial charge in [0.2, 0.25) is 0 Å². The van der Waals surface area contributed by atoms with Crippen molar-refractivity contribution in [3.8, 4) is 0 Å². The van der Waals surface area contributed by atoms with E-state index in [9.17, 15) is 10.1 Å². The van der Waals surface area contributed by atoms with E-state index in [0.29, 0.717) is 11.7 Å². The van der Waals surface area contributed by atoms with Crippen molar-refractivity contribution in [2.24, 2.45) is 0 Å². The Morgan fingerprint density at radius 2 is 2.32 bits per heavy atom. The molecule has 0 amide bonds. The number of anilines is 1. The molecule has 1 N–H and O–H groups in total. The van der Waals surface area contributed by atoms with Gasteiger partial charge in [-0.05, 0) is 38.7 Å². The molecule has 1 aromatic carbocycles. The van der Waals surface area contributed by atoms with E-state index in [4.69, 9.17) is 4.74 Å². The Kier molecular flexibility index (Phi) is 4.74. The number of nitro benzene ring substituents is 1. The summed E-state index contributed by atoms with van der Waals surface area (Å²) >= 11 is 0. The second-order valence-electron chi connectivity index (χ2n) is 4.91. The second-order valence-corrected chi connectivity index (χ2v) is 4.91. The first-order valence-electron chi connectivity index (χ1n) is 6.78. The van der Waals surface area contributed by atoms with Crippen molar-refractivity contribution < 1.29 is 9.66 Å². The van der Waals surface area contributed by atoms with Crippen LogP contribution in [-0.2, 0) is 4.74 Å². The summed E-state index contributed by atoms with van der Waals surface area (Å²) in [6.45, 7) is 3.42. The Balaban J connectivity index is 1.88. The summed E-state index contributed by atoms with van der Waals surface area (Å²) in [7, 11) is 0. The Hall–Kier alpha value is -1.62. The predicted octanol–water partition coefficient (Wildman–Crippen LogP) is 3.27. The lowest BCUT2D eigenvalue weighted by Gasteiger charge is -2.22. The van der Waals surface area contributed by atoms with Gasteiger partial charge < -0.3 is 10.1 Å². The van der Waals surface area contributed by atoms with E-state index in [1.165, 1.54) is 12.5 Å². The summed E-state index contributed by atoms with van der Waals surface area (Å²) in [5.74, 6) is 0. The van der Waals surface area contributed by atoms with Crippen LogP contribution in [0.4, 0.5) is 11.4 Å². The SMILES string of the molecule is Cc1c(NCCC2CCCCO2)cccc1[N+](=O)[O-]. The number of nitrogens with one attached hydrogen (secondary N) is 1. The molecule has 1 aliphatic heterocycles. The van der Waals surface area contributed by atoms with E-state index in [1.807, 2.05) is 6.07 Å². The van der Waals surface area contributed by atoms with Crippen LogP contribution in [-0.4, -0.2) is 24.2 Å². The standard InChI is InChI=1S/C14H20N2O3/c1-11-13(6-4-7-14(11)16(17)18)15-9-8-12-5-2-3-10-19-12/h4,6-7,12,15H,2-3,5,8-10H2,1H3. The highest BCUT2D eigenvalue weighted by molar-refractivity contribution is 5.59. The molecule has 1 aromatic rings. The first-order chi connectivity index (χ1) is 9.18. The molecule has 2 rings (SSSR count). The predicted molar refractivity (Wildman–Crippen MR) is 74.5 cm³/mol. The average molecular weight is 264 g/mol. The van der Waals surface area contributed by atoms with Crippen LogP contribution in [0.15, 0.2) is 18.2 Å². The van der Waals surface area contributed by atoms with Crippen LogP contribution in [0.25, 0.3) is 0 Å². The molecule has 0 spiro atoms. The molecular weight excluding hydrogens is 244 g/mol. The van der Waals surface area contributed by atoms with Crippen molar-refractivity contribution in [2.45, 2.75) is 38.7 Å². The number of hydrogen-bond acceptors (Lipinski definition) is 4. The summed E-state index contributed by atoms with van der Waals surface area (Å²) < 4.78 is 5.66. The first-order valence-corrected chi connectivity index (χ1v) is 6.78. The third kappa shape index (κ3) is 3.67. The summed E-state index contributed by atoms with van der Waals surface area (Å²) in [4.78, 5) is 10.5. The number of hydrogen-bond donors (Lipinski definition) is 1. The van der Waals surface area contributed by atoms with Crippen molar-refractivity contribution in [1.82, 2.24) is 0 Å². The van der Waals surface area contributed by atoms with Gasteiger partial charge in [-0.25, -0.2) is 0 Å². The molecule has 0 aliphatic carbocycles. The highest BCUT2D eigenvalue weighted by Gasteiger charge is 2.15. The molecular formula is C14H20N2O3. The number of nitro groups is 1. The molecule has 5 heteroatoms. The van der Waals surface area contributed by atoms with Gasteiger partial charge in [0.1, 0.15) is 0 Å². The Labute approximate surface area is 113 Å². The van der Waals surface area contributed by atoms with Crippen molar-refractivity contribution in [1.29, 1.82) is 0 Å². The molecule has 1 unspecified atom stereocenters. The van der Waals surface area contributed by atoms with E-state index in [-0.39, 0.29) is 10.6 Å². The fourth-order valence-electron chi connectivity index (χ4n) is 2.42. The van der Waals surface area contributed by atoms with Crippen LogP contribution in [0, 0.1) is 17.0 Å². The van der Waals surface area contributed by atoms with E-state index in [0.717, 1.165) is 38.1 Å². The number of nitrogens with zero attached hydrogens (tertiary/aromatic N) is 1.